The van der Waals surface area contributed by atoms with Crippen LogP contribution in [0, 0.1) is 5.92 Å². The molecule has 1 fully saturated rings. The molecule has 2 aromatic carbocycles. The van der Waals surface area contributed by atoms with Crippen LogP contribution < -0.4 is 10.2 Å². The number of amides is 2. The molecule has 1 aliphatic heterocycles. The fraction of sp³-hybridized carbons (Fsp3) is 0.250. The molecule has 1 aliphatic rings. The van der Waals surface area contributed by atoms with Crippen LogP contribution in [0.3, 0.4) is 0 Å². The number of fused-ring (bicyclic) bond motifs is 1. The van der Waals surface area contributed by atoms with E-state index in [1.807, 2.05) is 48.5 Å². The van der Waals surface area contributed by atoms with Crippen LogP contribution in [0.2, 0.25) is 0 Å². The van der Waals surface area contributed by atoms with Crippen LogP contribution in [-0.2, 0) is 20.9 Å². The number of aromatic nitrogens is 2. The summed E-state index contributed by atoms with van der Waals surface area (Å²) < 4.78 is 5.08. The molecule has 1 atom stereocenters. The molecule has 3 aromatic rings. The summed E-state index contributed by atoms with van der Waals surface area (Å²) in [6.07, 6.45) is 0.213. The number of nitrogens with one attached hydrogen (secondary N) is 2. The Morgan fingerprint density at radius 3 is 2.89 bits per heavy atom. The first kappa shape index (κ1) is 17.2. The molecule has 0 unspecified atom stereocenters. The highest BCUT2D eigenvalue weighted by Crippen LogP contribution is 2.26. The van der Waals surface area contributed by atoms with Gasteiger partial charge in [-0.2, -0.15) is 0 Å². The topological polar surface area (TPSA) is 87.3 Å². The molecule has 0 spiro atoms. The number of carbonyl (C=O) groups excluding carboxylic acids is 2. The van der Waals surface area contributed by atoms with E-state index < -0.39 is 0 Å². The number of anilines is 2. The lowest BCUT2D eigenvalue weighted by Crippen LogP contribution is -2.28. The van der Waals surface area contributed by atoms with Crippen molar-refractivity contribution in [3.05, 3.63) is 54.4 Å². The van der Waals surface area contributed by atoms with Crippen LogP contribution in [0.25, 0.3) is 11.0 Å². The maximum Gasteiger partial charge on any atom is 0.229 e. The van der Waals surface area contributed by atoms with E-state index in [2.05, 4.69) is 15.3 Å². The minimum Gasteiger partial charge on any atom is -0.377 e. The Morgan fingerprint density at radius 1 is 1.30 bits per heavy atom. The van der Waals surface area contributed by atoms with Crippen molar-refractivity contribution in [2.75, 3.05) is 23.9 Å². The van der Waals surface area contributed by atoms with Gasteiger partial charge in [-0.3, -0.25) is 9.59 Å². The highest BCUT2D eigenvalue weighted by molar-refractivity contribution is 6.03. The van der Waals surface area contributed by atoms with Crippen molar-refractivity contribution >= 4 is 34.2 Å². The minimum atomic E-state index is -0.376. The van der Waals surface area contributed by atoms with Gasteiger partial charge < -0.3 is 19.9 Å². The molecule has 2 N–H and O–H groups in total. The summed E-state index contributed by atoms with van der Waals surface area (Å²) in [4.78, 5) is 34.2. The van der Waals surface area contributed by atoms with Gasteiger partial charge in [0.2, 0.25) is 11.8 Å². The van der Waals surface area contributed by atoms with Crippen LogP contribution in [-0.4, -0.2) is 35.4 Å². The molecule has 2 amide bonds. The van der Waals surface area contributed by atoms with Gasteiger partial charge in [-0.15, -0.1) is 0 Å². The monoisotopic (exact) mass is 364 g/mol. The number of methoxy groups -OCH3 is 1. The number of imidazole rings is 1. The number of nitrogens with zero attached hydrogens (tertiary/aromatic N) is 2. The average molecular weight is 364 g/mol. The Morgan fingerprint density at radius 2 is 2.11 bits per heavy atom. The maximum absolute atomic E-state index is 12.6. The van der Waals surface area contributed by atoms with Gasteiger partial charge in [-0.05, 0) is 30.3 Å². The number of aromatic amines is 1. The zero-order chi connectivity index (χ0) is 18.8. The first-order chi connectivity index (χ1) is 13.1. The van der Waals surface area contributed by atoms with Crippen molar-refractivity contribution in [1.82, 2.24) is 9.97 Å². The van der Waals surface area contributed by atoms with Gasteiger partial charge in [0.1, 0.15) is 12.4 Å². The van der Waals surface area contributed by atoms with E-state index in [0.717, 1.165) is 22.5 Å². The third kappa shape index (κ3) is 3.54. The second-order valence-electron chi connectivity index (χ2n) is 6.58. The Balaban J connectivity index is 1.46. The lowest BCUT2D eigenvalue weighted by Gasteiger charge is -2.16. The molecule has 0 aliphatic carbocycles. The third-order valence-corrected chi connectivity index (χ3v) is 4.64. The molecular formula is C20H20N4O3. The summed E-state index contributed by atoms with van der Waals surface area (Å²) >= 11 is 0. The number of hydrogen-bond donors (Lipinski definition) is 2. The van der Waals surface area contributed by atoms with Crippen LogP contribution in [0.15, 0.2) is 48.5 Å². The number of H-pyrrole nitrogens is 1. The molecule has 2 heterocycles. The average Bonchev–Trinajstić information content (AvgIpc) is 3.25. The number of para-hydroxylation sites is 1. The molecule has 0 saturated carbocycles. The van der Waals surface area contributed by atoms with E-state index in [0.29, 0.717) is 18.8 Å². The van der Waals surface area contributed by atoms with Gasteiger partial charge in [0.05, 0.1) is 17.0 Å². The molecule has 7 heteroatoms. The van der Waals surface area contributed by atoms with Gasteiger partial charge in [0.15, 0.2) is 0 Å². The highest BCUT2D eigenvalue weighted by Gasteiger charge is 2.35. The predicted octanol–water partition coefficient (Wildman–Crippen LogP) is 2.70. The van der Waals surface area contributed by atoms with Crippen molar-refractivity contribution in [3.8, 4) is 0 Å². The first-order valence-electron chi connectivity index (χ1n) is 8.78. The molecule has 7 nitrogen and oxygen atoms in total. The number of hydrogen-bond acceptors (Lipinski definition) is 4. The van der Waals surface area contributed by atoms with E-state index in [9.17, 15) is 9.59 Å². The SMILES string of the molecule is COCc1nc2ccc(NC(=O)[C@H]3CC(=O)N(c4ccccc4)C3)cc2[nH]1. The van der Waals surface area contributed by atoms with Crippen LogP contribution in [0.4, 0.5) is 11.4 Å². The summed E-state index contributed by atoms with van der Waals surface area (Å²) in [5.41, 5.74) is 3.13. The lowest BCUT2D eigenvalue weighted by molar-refractivity contribution is -0.122. The summed E-state index contributed by atoms with van der Waals surface area (Å²) in [6.45, 7) is 0.787. The van der Waals surface area contributed by atoms with Crippen LogP contribution in [0.1, 0.15) is 12.2 Å². The van der Waals surface area contributed by atoms with Crippen LogP contribution >= 0.6 is 0 Å². The zero-order valence-corrected chi connectivity index (χ0v) is 14.9. The van der Waals surface area contributed by atoms with Crippen molar-refractivity contribution in [1.29, 1.82) is 0 Å². The van der Waals surface area contributed by atoms with Crippen molar-refractivity contribution in [2.24, 2.45) is 5.92 Å². The number of benzene rings is 2. The molecule has 1 aromatic heterocycles. The molecule has 27 heavy (non-hydrogen) atoms. The standard InChI is InChI=1S/C20H20N4O3/c1-27-12-18-22-16-8-7-14(10-17(16)23-18)21-20(26)13-9-19(25)24(11-13)15-5-3-2-4-6-15/h2-8,10,13H,9,11-12H2,1H3,(H,21,26)(H,22,23)/t13-/m0/s1. The fourth-order valence-electron chi connectivity index (χ4n) is 3.33. The Bertz CT molecular complexity index is 983. The van der Waals surface area contributed by atoms with Gasteiger partial charge >= 0.3 is 0 Å². The van der Waals surface area contributed by atoms with E-state index in [4.69, 9.17) is 4.74 Å². The van der Waals surface area contributed by atoms with E-state index in [1.165, 1.54) is 0 Å². The second kappa shape index (κ2) is 7.20. The number of rotatable bonds is 5. The van der Waals surface area contributed by atoms with Gasteiger partial charge in [-0.25, -0.2) is 4.98 Å². The lowest BCUT2D eigenvalue weighted by atomic mass is 10.1. The predicted molar refractivity (Wildman–Crippen MR) is 102 cm³/mol. The molecule has 4 rings (SSSR count). The molecule has 1 saturated heterocycles. The molecular weight excluding hydrogens is 344 g/mol. The van der Waals surface area contributed by atoms with Crippen LogP contribution in [0.5, 0.6) is 0 Å². The summed E-state index contributed by atoms with van der Waals surface area (Å²) in [7, 11) is 1.61. The number of ether oxygens (including phenoxy) is 1. The van der Waals surface area contributed by atoms with Crippen molar-refractivity contribution < 1.29 is 14.3 Å². The smallest absolute Gasteiger partial charge is 0.229 e. The Kier molecular flexibility index (Phi) is 4.60. The third-order valence-electron chi connectivity index (χ3n) is 4.64. The first-order valence-corrected chi connectivity index (χ1v) is 8.78. The van der Waals surface area contributed by atoms with Crippen molar-refractivity contribution in [2.45, 2.75) is 13.0 Å². The highest BCUT2D eigenvalue weighted by atomic mass is 16.5. The maximum atomic E-state index is 12.6. The summed E-state index contributed by atoms with van der Waals surface area (Å²) in [5, 5.41) is 2.91. The van der Waals surface area contributed by atoms with Gasteiger partial charge in [-0.1, -0.05) is 18.2 Å². The largest absolute Gasteiger partial charge is 0.377 e. The summed E-state index contributed by atoms with van der Waals surface area (Å²) in [5.74, 6) is 0.169. The second-order valence-corrected chi connectivity index (χ2v) is 6.58. The molecule has 0 radical (unpaired) electrons. The van der Waals surface area contributed by atoms with Crippen molar-refractivity contribution in [3.63, 3.8) is 0 Å². The zero-order valence-electron chi connectivity index (χ0n) is 14.9. The van der Waals surface area contributed by atoms with Gasteiger partial charge in [0.25, 0.3) is 0 Å². The molecule has 138 valence electrons. The minimum absolute atomic E-state index is 0.0328. The van der Waals surface area contributed by atoms with E-state index in [1.54, 1.807) is 12.0 Å². The summed E-state index contributed by atoms with van der Waals surface area (Å²) in [6, 6.07) is 14.9. The normalized spacial score (nSPS) is 16.9. The Labute approximate surface area is 156 Å². The fourth-order valence-corrected chi connectivity index (χ4v) is 3.33. The van der Waals surface area contributed by atoms with E-state index in [-0.39, 0.29) is 24.2 Å². The quantitative estimate of drug-likeness (QED) is 0.729. The number of carbonyl (C=O) groups is 2. The molecule has 0 bridgehead atoms. The Hall–Kier alpha value is -3.19. The van der Waals surface area contributed by atoms with E-state index >= 15 is 0 Å². The van der Waals surface area contributed by atoms with Gasteiger partial charge in [0, 0.05) is 31.5 Å².